The normalized spacial score (nSPS) is 10.5. The molecule has 1 aromatic heterocycles. The molecule has 4 nitrogen and oxygen atoms in total. The Hall–Kier alpha value is -2.74. The summed E-state index contributed by atoms with van der Waals surface area (Å²) in [5.41, 5.74) is 1.17. The van der Waals surface area contributed by atoms with Crippen LogP contribution in [-0.2, 0) is 6.42 Å². The lowest BCUT2D eigenvalue weighted by molar-refractivity contribution is 0.0728. The number of aryl methyl sites for hydroxylation is 1. The molecule has 0 saturated heterocycles. The number of carbonyl (C=O) groups excluding carboxylic acids is 1. The van der Waals surface area contributed by atoms with E-state index in [0.717, 1.165) is 24.5 Å². The number of esters is 1. The maximum absolute atomic E-state index is 13.6. The molecule has 0 radical (unpaired) electrons. The fraction of sp³-hybridized carbons (Fsp3) is 0.458. The van der Waals surface area contributed by atoms with Crippen LogP contribution in [0.2, 0.25) is 0 Å². The van der Waals surface area contributed by atoms with E-state index in [1.54, 1.807) is 18.3 Å². The lowest BCUT2D eigenvalue weighted by Gasteiger charge is -2.06. The van der Waals surface area contributed by atoms with Crippen molar-refractivity contribution in [1.82, 2.24) is 4.98 Å². The highest BCUT2D eigenvalue weighted by Gasteiger charge is 2.12. The van der Waals surface area contributed by atoms with Crippen LogP contribution in [0.4, 0.5) is 4.39 Å². The molecule has 2 aromatic rings. The molecule has 0 fully saturated rings. The molecule has 0 spiro atoms. The summed E-state index contributed by atoms with van der Waals surface area (Å²) < 4.78 is 18.7. The van der Waals surface area contributed by atoms with Crippen LogP contribution in [0.5, 0.6) is 5.75 Å². The Labute approximate surface area is 172 Å². The molecule has 1 heterocycles. The second kappa shape index (κ2) is 12.7. The van der Waals surface area contributed by atoms with Crippen molar-refractivity contribution in [2.24, 2.45) is 0 Å². The SMILES string of the molecule is CCCCCCCCCCCc1ccc(C(=O)Oc2ccc(C#N)c(F)c2)nc1. The summed E-state index contributed by atoms with van der Waals surface area (Å²) in [6.07, 6.45) is 14.2. The van der Waals surface area contributed by atoms with Gasteiger partial charge in [0.25, 0.3) is 0 Å². The first kappa shape index (κ1) is 22.5. The molecule has 0 atom stereocenters. The molecule has 29 heavy (non-hydrogen) atoms. The Kier molecular flexibility index (Phi) is 9.85. The Morgan fingerprint density at radius 3 is 2.31 bits per heavy atom. The smallest absolute Gasteiger partial charge is 0.362 e. The van der Waals surface area contributed by atoms with Crippen LogP contribution in [0.3, 0.4) is 0 Å². The number of rotatable bonds is 12. The summed E-state index contributed by atoms with van der Waals surface area (Å²) in [6.45, 7) is 2.24. The molecule has 0 saturated carbocycles. The predicted molar refractivity (Wildman–Crippen MR) is 111 cm³/mol. The molecule has 0 aliphatic heterocycles. The number of ether oxygens (including phenoxy) is 1. The number of carbonyl (C=O) groups is 1. The van der Waals surface area contributed by atoms with Crippen LogP contribution in [-0.4, -0.2) is 11.0 Å². The van der Waals surface area contributed by atoms with Crippen molar-refractivity contribution in [3.8, 4) is 11.8 Å². The molecule has 2 rings (SSSR count). The van der Waals surface area contributed by atoms with Gasteiger partial charge in [0.2, 0.25) is 0 Å². The summed E-state index contributed by atoms with van der Waals surface area (Å²) in [5.74, 6) is -1.32. The quantitative estimate of drug-likeness (QED) is 0.237. The number of nitrogens with zero attached hydrogens (tertiary/aromatic N) is 2. The second-order valence-electron chi connectivity index (χ2n) is 7.27. The van der Waals surface area contributed by atoms with Gasteiger partial charge in [-0.2, -0.15) is 5.26 Å². The van der Waals surface area contributed by atoms with E-state index >= 15 is 0 Å². The summed E-state index contributed by atoms with van der Waals surface area (Å²) >= 11 is 0. The molecule has 154 valence electrons. The van der Waals surface area contributed by atoms with Crippen LogP contribution in [0.15, 0.2) is 36.5 Å². The lowest BCUT2D eigenvalue weighted by atomic mass is 10.0. The van der Waals surface area contributed by atoms with E-state index in [9.17, 15) is 9.18 Å². The molecule has 0 amide bonds. The maximum Gasteiger partial charge on any atom is 0.362 e. The Morgan fingerprint density at radius 2 is 1.72 bits per heavy atom. The lowest BCUT2D eigenvalue weighted by Crippen LogP contribution is -2.11. The summed E-state index contributed by atoms with van der Waals surface area (Å²) in [6, 6.07) is 8.92. The Balaban J connectivity index is 1.70. The van der Waals surface area contributed by atoms with Crippen LogP contribution in [0, 0.1) is 17.1 Å². The highest BCUT2D eigenvalue weighted by Crippen LogP contribution is 2.17. The zero-order valence-electron chi connectivity index (χ0n) is 17.1. The number of hydrogen-bond donors (Lipinski definition) is 0. The van der Waals surface area contributed by atoms with Gasteiger partial charge in [-0.3, -0.25) is 0 Å². The average Bonchev–Trinajstić information content (AvgIpc) is 2.73. The number of halogens is 1. The van der Waals surface area contributed by atoms with E-state index in [0.29, 0.717) is 0 Å². The first-order valence-corrected chi connectivity index (χ1v) is 10.5. The minimum atomic E-state index is -0.720. The van der Waals surface area contributed by atoms with Crippen molar-refractivity contribution in [3.63, 3.8) is 0 Å². The predicted octanol–water partition coefficient (Wildman–Crippen LogP) is 6.38. The monoisotopic (exact) mass is 396 g/mol. The third kappa shape index (κ3) is 8.03. The van der Waals surface area contributed by atoms with Crippen LogP contribution in [0.25, 0.3) is 0 Å². The number of aromatic nitrogens is 1. The molecule has 0 aliphatic carbocycles. The molecular weight excluding hydrogens is 367 g/mol. The second-order valence-corrected chi connectivity index (χ2v) is 7.27. The third-order valence-corrected chi connectivity index (χ3v) is 4.87. The third-order valence-electron chi connectivity index (χ3n) is 4.87. The molecule has 0 N–H and O–H groups in total. The fourth-order valence-electron chi connectivity index (χ4n) is 3.14. The topological polar surface area (TPSA) is 63.0 Å². The van der Waals surface area contributed by atoms with Gasteiger partial charge < -0.3 is 4.74 Å². The van der Waals surface area contributed by atoms with E-state index in [1.165, 1.54) is 63.5 Å². The van der Waals surface area contributed by atoms with Gasteiger partial charge in [-0.25, -0.2) is 14.2 Å². The minimum Gasteiger partial charge on any atom is -0.422 e. The molecular formula is C24H29FN2O2. The van der Waals surface area contributed by atoms with Crippen LogP contribution >= 0.6 is 0 Å². The van der Waals surface area contributed by atoms with Crippen LogP contribution in [0.1, 0.15) is 86.3 Å². The first-order chi connectivity index (χ1) is 14.1. The molecule has 0 aliphatic rings. The number of nitriles is 1. The fourth-order valence-corrected chi connectivity index (χ4v) is 3.14. The average molecular weight is 397 g/mol. The van der Waals surface area contributed by atoms with E-state index in [1.807, 2.05) is 6.07 Å². The Morgan fingerprint density at radius 1 is 1.03 bits per heavy atom. The highest BCUT2D eigenvalue weighted by molar-refractivity contribution is 5.88. The van der Waals surface area contributed by atoms with Crippen molar-refractivity contribution < 1.29 is 13.9 Å². The standard InChI is InChI=1S/C24H29FN2O2/c1-2-3-4-5-6-7-8-9-10-11-19-12-15-23(27-18-19)24(28)29-21-14-13-20(17-26)22(25)16-21/h12-16,18H,2-11H2,1H3. The molecule has 0 unspecified atom stereocenters. The van der Waals surface area contributed by atoms with Gasteiger partial charge >= 0.3 is 5.97 Å². The van der Waals surface area contributed by atoms with Gasteiger partial charge in [0.15, 0.2) is 0 Å². The first-order valence-electron chi connectivity index (χ1n) is 10.5. The van der Waals surface area contributed by atoms with E-state index in [2.05, 4.69) is 11.9 Å². The molecule has 0 bridgehead atoms. The number of benzene rings is 1. The summed E-state index contributed by atoms with van der Waals surface area (Å²) in [7, 11) is 0. The maximum atomic E-state index is 13.6. The van der Waals surface area contributed by atoms with Crippen molar-refractivity contribution in [2.75, 3.05) is 0 Å². The van der Waals surface area contributed by atoms with Gasteiger partial charge in [0.05, 0.1) is 5.56 Å². The number of hydrogen-bond acceptors (Lipinski definition) is 4. The van der Waals surface area contributed by atoms with Gasteiger partial charge in [-0.1, -0.05) is 64.4 Å². The molecule has 1 aromatic carbocycles. The van der Waals surface area contributed by atoms with Crippen molar-refractivity contribution in [2.45, 2.75) is 71.1 Å². The van der Waals surface area contributed by atoms with E-state index in [-0.39, 0.29) is 17.0 Å². The van der Waals surface area contributed by atoms with Gasteiger partial charge in [-0.15, -0.1) is 0 Å². The zero-order chi connectivity index (χ0) is 20.9. The largest absolute Gasteiger partial charge is 0.422 e. The Bertz CT molecular complexity index is 813. The minimum absolute atomic E-state index is 0.0482. The van der Waals surface area contributed by atoms with Gasteiger partial charge in [0.1, 0.15) is 23.3 Å². The number of unbranched alkanes of at least 4 members (excludes halogenated alkanes) is 8. The zero-order valence-corrected chi connectivity index (χ0v) is 17.1. The summed E-state index contributed by atoms with van der Waals surface area (Å²) in [4.78, 5) is 16.3. The molecule has 5 heteroatoms. The van der Waals surface area contributed by atoms with Crippen LogP contribution < -0.4 is 4.74 Å². The van der Waals surface area contributed by atoms with E-state index < -0.39 is 11.8 Å². The van der Waals surface area contributed by atoms with E-state index in [4.69, 9.17) is 10.00 Å². The van der Waals surface area contributed by atoms with Gasteiger partial charge in [0, 0.05) is 12.3 Å². The van der Waals surface area contributed by atoms with Crippen molar-refractivity contribution in [1.29, 1.82) is 5.26 Å². The highest BCUT2D eigenvalue weighted by atomic mass is 19.1. The van der Waals surface area contributed by atoms with Crippen molar-refractivity contribution in [3.05, 3.63) is 59.2 Å². The van der Waals surface area contributed by atoms with Crippen molar-refractivity contribution >= 4 is 5.97 Å². The summed E-state index contributed by atoms with van der Waals surface area (Å²) in [5, 5.41) is 8.73. The van der Waals surface area contributed by atoms with Gasteiger partial charge in [-0.05, 0) is 36.6 Å². The number of pyridine rings is 1.